The van der Waals surface area contributed by atoms with E-state index in [1.165, 1.54) is 32.1 Å². The molecule has 0 aliphatic heterocycles. The van der Waals surface area contributed by atoms with Gasteiger partial charge in [0, 0.05) is 5.57 Å². The summed E-state index contributed by atoms with van der Waals surface area (Å²) in [4.78, 5) is 11.4. The minimum absolute atomic E-state index is 0.157. The number of allylic oxidation sites excluding steroid dienone is 1. The molecular formula is C14H26O2. The lowest BCUT2D eigenvalue weighted by atomic mass is 10.1. The van der Waals surface area contributed by atoms with E-state index in [4.69, 9.17) is 4.74 Å². The maximum atomic E-state index is 11.4. The number of ether oxygens (including phenoxy) is 1. The van der Waals surface area contributed by atoms with E-state index in [2.05, 4.69) is 6.92 Å². The Balaban J connectivity index is 3.38. The molecule has 0 aliphatic rings. The Morgan fingerprint density at radius 2 is 1.69 bits per heavy atom. The van der Waals surface area contributed by atoms with Crippen LogP contribution in [0.1, 0.15) is 65.7 Å². The lowest BCUT2D eigenvalue weighted by Crippen LogP contribution is -2.07. The van der Waals surface area contributed by atoms with Crippen LogP contribution in [-0.4, -0.2) is 12.6 Å². The van der Waals surface area contributed by atoms with Crippen molar-refractivity contribution in [1.29, 1.82) is 0 Å². The molecule has 0 aromatic rings. The third-order valence-electron chi connectivity index (χ3n) is 2.56. The molecule has 0 unspecified atom stereocenters. The summed E-state index contributed by atoms with van der Waals surface area (Å²) in [6.07, 6.45) is 10.1. The van der Waals surface area contributed by atoms with Crippen molar-refractivity contribution in [2.45, 2.75) is 65.7 Å². The summed E-state index contributed by atoms with van der Waals surface area (Å²) in [5, 5.41) is 0. The largest absolute Gasteiger partial charge is 0.462 e. The summed E-state index contributed by atoms with van der Waals surface area (Å²) in [7, 11) is 0. The van der Waals surface area contributed by atoms with Crippen LogP contribution in [0.2, 0.25) is 0 Å². The molecule has 0 rings (SSSR count). The normalized spacial score (nSPS) is 11.6. The SMILES string of the molecule is CC/C=C(\C)C(=O)OCCCCCCCC. The summed E-state index contributed by atoms with van der Waals surface area (Å²) >= 11 is 0. The fourth-order valence-corrected chi connectivity index (χ4v) is 1.55. The van der Waals surface area contributed by atoms with Gasteiger partial charge in [0.2, 0.25) is 0 Å². The van der Waals surface area contributed by atoms with Crippen LogP contribution >= 0.6 is 0 Å². The van der Waals surface area contributed by atoms with Crippen molar-refractivity contribution >= 4 is 5.97 Å². The molecule has 0 amide bonds. The van der Waals surface area contributed by atoms with Crippen LogP contribution in [0.3, 0.4) is 0 Å². The summed E-state index contributed by atoms with van der Waals surface area (Å²) in [5.74, 6) is -0.157. The van der Waals surface area contributed by atoms with Crippen LogP contribution in [-0.2, 0) is 9.53 Å². The van der Waals surface area contributed by atoms with Gasteiger partial charge in [-0.2, -0.15) is 0 Å². The van der Waals surface area contributed by atoms with E-state index in [-0.39, 0.29) is 5.97 Å². The number of esters is 1. The molecule has 0 heterocycles. The molecule has 0 aromatic heterocycles. The van der Waals surface area contributed by atoms with Gasteiger partial charge in [0.15, 0.2) is 0 Å². The zero-order valence-electron chi connectivity index (χ0n) is 11.1. The van der Waals surface area contributed by atoms with Gasteiger partial charge in [-0.05, 0) is 19.8 Å². The van der Waals surface area contributed by atoms with Gasteiger partial charge in [0.25, 0.3) is 0 Å². The summed E-state index contributed by atoms with van der Waals surface area (Å²) in [5.41, 5.74) is 0.730. The van der Waals surface area contributed by atoms with Gasteiger partial charge in [0.1, 0.15) is 0 Å². The van der Waals surface area contributed by atoms with E-state index in [1.54, 1.807) is 0 Å². The highest BCUT2D eigenvalue weighted by atomic mass is 16.5. The topological polar surface area (TPSA) is 26.3 Å². The highest BCUT2D eigenvalue weighted by Gasteiger charge is 2.03. The number of rotatable bonds is 9. The first-order valence-electron chi connectivity index (χ1n) is 6.56. The molecule has 16 heavy (non-hydrogen) atoms. The molecular weight excluding hydrogens is 200 g/mol. The standard InChI is InChI=1S/C14H26O2/c1-4-6-7-8-9-10-12-16-14(15)13(3)11-5-2/h11H,4-10,12H2,1-3H3/b13-11+. The summed E-state index contributed by atoms with van der Waals surface area (Å²) in [6, 6.07) is 0. The van der Waals surface area contributed by atoms with Crippen molar-refractivity contribution in [3.8, 4) is 0 Å². The molecule has 0 saturated carbocycles. The molecule has 0 spiro atoms. The van der Waals surface area contributed by atoms with Gasteiger partial charge < -0.3 is 4.74 Å². The Morgan fingerprint density at radius 3 is 2.31 bits per heavy atom. The van der Waals surface area contributed by atoms with Crippen LogP contribution < -0.4 is 0 Å². The predicted molar refractivity (Wildman–Crippen MR) is 68.4 cm³/mol. The van der Waals surface area contributed by atoms with Gasteiger partial charge in [-0.25, -0.2) is 4.79 Å². The average Bonchev–Trinajstić information content (AvgIpc) is 2.28. The highest BCUT2D eigenvalue weighted by Crippen LogP contribution is 2.06. The van der Waals surface area contributed by atoms with Crippen LogP contribution in [0.25, 0.3) is 0 Å². The lowest BCUT2D eigenvalue weighted by molar-refractivity contribution is -0.139. The van der Waals surface area contributed by atoms with E-state index in [9.17, 15) is 4.79 Å². The van der Waals surface area contributed by atoms with Gasteiger partial charge in [-0.3, -0.25) is 0 Å². The quantitative estimate of drug-likeness (QED) is 0.334. The Kier molecular flexibility index (Phi) is 10.2. The van der Waals surface area contributed by atoms with Crippen molar-refractivity contribution in [3.63, 3.8) is 0 Å². The summed E-state index contributed by atoms with van der Waals surface area (Å²) < 4.78 is 5.16. The third-order valence-corrected chi connectivity index (χ3v) is 2.56. The molecule has 2 nitrogen and oxygen atoms in total. The molecule has 2 heteroatoms. The molecule has 0 fully saturated rings. The second-order valence-corrected chi connectivity index (χ2v) is 4.20. The van der Waals surface area contributed by atoms with Crippen LogP contribution in [0.15, 0.2) is 11.6 Å². The zero-order chi connectivity index (χ0) is 12.2. The molecule has 0 N–H and O–H groups in total. The molecule has 0 bridgehead atoms. The Hall–Kier alpha value is -0.790. The highest BCUT2D eigenvalue weighted by molar-refractivity contribution is 5.87. The van der Waals surface area contributed by atoms with Crippen molar-refractivity contribution in [1.82, 2.24) is 0 Å². The lowest BCUT2D eigenvalue weighted by Gasteiger charge is -2.04. The summed E-state index contributed by atoms with van der Waals surface area (Å²) in [6.45, 7) is 6.61. The zero-order valence-corrected chi connectivity index (χ0v) is 11.1. The monoisotopic (exact) mass is 226 g/mol. The van der Waals surface area contributed by atoms with Gasteiger partial charge in [-0.1, -0.05) is 52.0 Å². The number of carbonyl (C=O) groups is 1. The smallest absolute Gasteiger partial charge is 0.333 e. The number of carbonyl (C=O) groups excluding carboxylic acids is 1. The van der Waals surface area contributed by atoms with E-state index in [1.807, 2.05) is 19.9 Å². The number of unbranched alkanes of at least 4 members (excludes halogenated alkanes) is 5. The van der Waals surface area contributed by atoms with Gasteiger partial charge in [-0.15, -0.1) is 0 Å². The number of hydrogen-bond donors (Lipinski definition) is 0. The van der Waals surface area contributed by atoms with E-state index in [0.717, 1.165) is 18.4 Å². The third kappa shape index (κ3) is 8.51. The molecule has 94 valence electrons. The van der Waals surface area contributed by atoms with Crippen molar-refractivity contribution < 1.29 is 9.53 Å². The second kappa shape index (κ2) is 10.7. The van der Waals surface area contributed by atoms with Crippen molar-refractivity contribution in [2.75, 3.05) is 6.61 Å². The first-order chi connectivity index (χ1) is 7.72. The van der Waals surface area contributed by atoms with Crippen LogP contribution in [0.4, 0.5) is 0 Å². The molecule has 0 aromatic carbocycles. The Morgan fingerprint density at radius 1 is 1.06 bits per heavy atom. The minimum atomic E-state index is -0.157. The molecule has 0 radical (unpaired) electrons. The fraction of sp³-hybridized carbons (Fsp3) is 0.786. The van der Waals surface area contributed by atoms with Gasteiger partial charge >= 0.3 is 5.97 Å². The first-order valence-corrected chi connectivity index (χ1v) is 6.56. The van der Waals surface area contributed by atoms with Gasteiger partial charge in [0.05, 0.1) is 6.61 Å². The predicted octanol–water partition coefficient (Wildman–Crippen LogP) is 4.25. The Bertz CT molecular complexity index is 207. The second-order valence-electron chi connectivity index (χ2n) is 4.20. The molecule has 0 atom stereocenters. The molecule has 0 saturated heterocycles. The van der Waals surface area contributed by atoms with Crippen molar-refractivity contribution in [3.05, 3.63) is 11.6 Å². The van der Waals surface area contributed by atoms with E-state index in [0.29, 0.717) is 6.61 Å². The van der Waals surface area contributed by atoms with E-state index >= 15 is 0 Å². The minimum Gasteiger partial charge on any atom is -0.462 e. The average molecular weight is 226 g/mol. The first kappa shape index (κ1) is 15.2. The Labute approximate surface area is 100 Å². The van der Waals surface area contributed by atoms with E-state index < -0.39 is 0 Å². The van der Waals surface area contributed by atoms with Crippen LogP contribution in [0.5, 0.6) is 0 Å². The number of hydrogen-bond acceptors (Lipinski definition) is 2. The maximum Gasteiger partial charge on any atom is 0.333 e. The maximum absolute atomic E-state index is 11.4. The fourth-order valence-electron chi connectivity index (χ4n) is 1.55. The van der Waals surface area contributed by atoms with Crippen molar-refractivity contribution in [2.24, 2.45) is 0 Å². The van der Waals surface area contributed by atoms with Crippen LogP contribution in [0, 0.1) is 0 Å². The molecule has 0 aliphatic carbocycles.